The summed E-state index contributed by atoms with van der Waals surface area (Å²) in [6.07, 6.45) is 1.55. The maximum atomic E-state index is 13.1. The van der Waals surface area contributed by atoms with E-state index >= 15 is 0 Å². The van der Waals surface area contributed by atoms with Gasteiger partial charge in [0, 0.05) is 19.8 Å². The Labute approximate surface area is 205 Å². The predicted octanol–water partition coefficient (Wildman–Crippen LogP) is 6.28. The van der Waals surface area contributed by atoms with E-state index in [0.717, 1.165) is 20.9 Å². The van der Waals surface area contributed by atoms with Gasteiger partial charge in [-0.3, -0.25) is 19.8 Å². The first kappa shape index (κ1) is 22.6. The van der Waals surface area contributed by atoms with Crippen LogP contribution >= 0.6 is 47.2 Å². The zero-order valence-corrected chi connectivity index (χ0v) is 19.9. The first-order valence-corrected chi connectivity index (χ1v) is 11.5. The molecule has 0 aliphatic carbocycles. The molecule has 0 aromatic heterocycles. The van der Waals surface area contributed by atoms with Gasteiger partial charge in [0.15, 0.2) is 5.11 Å². The number of nitrogens with one attached hydrogen (secondary N) is 1. The third-order valence-electron chi connectivity index (χ3n) is 4.76. The van der Waals surface area contributed by atoms with Gasteiger partial charge in [0.05, 0.1) is 5.69 Å². The Kier molecular flexibility index (Phi) is 6.67. The van der Waals surface area contributed by atoms with Crippen LogP contribution in [0.5, 0.6) is 0 Å². The molecule has 32 heavy (non-hydrogen) atoms. The molecule has 1 heterocycles. The molecule has 4 nitrogen and oxygen atoms in total. The lowest BCUT2D eigenvalue weighted by Gasteiger charge is -2.29. The summed E-state index contributed by atoms with van der Waals surface area (Å²) in [5, 5.41) is 3.80. The van der Waals surface area contributed by atoms with E-state index in [1.54, 1.807) is 36.0 Å². The van der Waals surface area contributed by atoms with E-state index in [9.17, 15) is 9.59 Å². The van der Waals surface area contributed by atoms with Crippen molar-refractivity contribution in [1.29, 1.82) is 0 Å². The van der Waals surface area contributed by atoms with Crippen molar-refractivity contribution in [3.63, 3.8) is 0 Å². The molecule has 2 amide bonds. The molecule has 4 rings (SSSR count). The van der Waals surface area contributed by atoms with Crippen LogP contribution in [0.1, 0.15) is 11.1 Å². The molecule has 1 N–H and O–H groups in total. The Morgan fingerprint density at radius 1 is 0.938 bits per heavy atom. The number of hydrogen-bond acceptors (Lipinski definition) is 4. The van der Waals surface area contributed by atoms with Gasteiger partial charge in [-0.2, -0.15) is 0 Å². The highest BCUT2D eigenvalue weighted by Crippen LogP contribution is 2.30. The van der Waals surface area contributed by atoms with Gasteiger partial charge < -0.3 is 0 Å². The van der Waals surface area contributed by atoms with Gasteiger partial charge in [-0.25, -0.2) is 0 Å². The number of aryl methyl sites for hydroxylation is 1. The van der Waals surface area contributed by atoms with Crippen LogP contribution in [-0.4, -0.2) is 16.9 Å². The number of benzene rings is 3. The summed E-state index contributed by atoms with van der Waals surface area (Å²) >= 11 is 19.0. The molecule has 0 radical (unpaired) electrons. The number of thiocarbonyl (C=S) groups is 1. The van der Waals surface area contributed by atoms with Crippen LogP contribution in [0.3, 0.4) is 0 Å². The average molecular weight is 499 g/mol. The van der Waals surface area contributed by atoms with Crippen molar-refractivity contribution in [2.75, 3.05) is 4.90 Å². The fourth-order valence-corrected chi connectivity index (χ4v) is 4.45. The molecule has 0 atom stereocenters. The summed E-state index contributed by atoms with van der Waals surface area (Å²) in [5.41, 5.74) is 2.09. The zero-order chi connectivity index (χ0) is 22.8. The Balaban J connectivity index is 1.58. The smallest absolute Gasteiger partial charge is 0.270 e. The SMILES string of the molecule is Cc1ccc(N2C(=O)/C(=C/c3ccc(Sc4ccc(Cl)cc4)cc3)C(=O)NC2=S)cc1Cl. The van der Waals surface area contributed by atoms with Gasteiger partial charge in [-0.15, -0.1) is 0 Å². The molecule has 0 saturated carbocycles. The fourth-order valence-electron chi connectivity index (χ4n) is 3.05. The number of halogens is 2. The lowest BCUT2D eigenvalue weighted by atomic mass is 10.1. The van der Waals surface area contributed by atoms with Gasteiger partial charge >= 0.3 is 0 Å². The standard InChI is InChI=1S/C24H16Cl2N2O2S2/c1-14-2-7-17(13-21(14)26)28-23(30)20(22(29)27-24(28)31)12-15-3-8-18(9-4-15)32-19-10-5-16(25)6-11-19/h2-13H,1H3,(H,27,29,31)/b20-12+. The van der Waals surface area contributed by atoms with Gasteiger partial charge in [0.25, 0.3) is 11.8 Å². The minimum Gasteiger partial charge on any atom is -0.298 e. The van der Waals surface area contributed by atoms with Gasteiger partial charge in [0.2, 0.25) is 0 Å². The minimum absolute atomic E-state index is 0.00611. The molecule has 1 aliphatic rings. The molecule has 3 aromatic carbocycles. The summed E-state index contributed by atoms with van der Waals surface area (Å²) in [5.74, 6) is -1.03. The van der Waals surface area contributed by atoms with Crippen molar-refractivity contribution in [3.8, 4) is 0 Å². The lowest BCUT2D eigenvalue weighted by Crippen LogP contribution is -2.54. The van der Waals surface area contributed by atoms with E-state index in [2.05, 4.69) is 5.32 Å². The van der Waals surface area contributed by atoms with Gasteiger partial charge in [0.1, 0.15) is 5.57 Å². The second-order valence-corrected chi connectivity index (χ2v) is 9.39. The number of hydrogen-bond donors (Lipinski definition) is 1. The molecule has 1 aliphatic heterocycles. The van der Waals surface area contributed by atoms with Gasteiger partial charge in [-0.1, -0.05) is 53.2 Å². The van der Waals surface area contributed by atoms with Crippen LogP contribution in [0.25, 0.3) is 6.08 Å². The van der Waals surface area contributed by atoms with Crippen LogP contribution in [-0.2, 0) is 9.59 Å². The van der Waals surface area contributed by atoms with Crippen LogP contribution in [0.2, 0.25) is 10.0 Å². The highest BCUT2D eigenvalue weighted by molar-refractivity contribution is 7.99. The average Bonchev–Trinajstić information content (AvgIpc) is 2.76. The third-order valence-corrected chi connectivity index (χ3v) is 6.72. The highest BCUT2D eigenvalue weighted by atomic mass is 35.5. The maximum absolute atomic E-state index is 13.1. The van der Waals surface area contributed by atoms with Crippen LogP contribution < -0.4 is 10.2 Å². The van der Waals surface area contributed by atoms with Crippen LogP contribution in [0, 0.1) is 6.92 Å². The van der Waals surface area contributed by atoms with E-state index in [0.29, 0.717) is 15.7 Å². The van der Waals surface area contributed by atoms with Crippen LogP contribution in [0.4, 0.5) is 5.69 Å². The van der Waals surface area contributed by atoms with E-state index < -0.39 is 11.8 Å². The maximum Gasteiger partial charge on any atom is 0.270 e. The van der Waals surface area contributed by atoms with Crippen molar-refractivity contribution in [1.82, 2.24) is 5.32 Å². The zero-order valence-electron chi connectivity index (χ0n) is 16.8. The molecule has 1 fully saturated rings. The molecule has 1 saturated heterocycles. The number of nitrogens with zero attached hydrogens (tertiary/aromatic N) is 1. The fraction of sp³-hybridized carbons (Fsp3) is 0.0417. The highest BCUT2D eigenvalue weighted by Gasteiger charge is 2.34. The Hall–Kier alpha value is -2.64. The minimum atomic E-state index is -0.533. The van der Waals surface area contributed by atoms with Gasteiger partial charge in [-0.05, 0) is 84.9 Å². The Morgan fingerprint density at radius 3 is 2.19 bits per heavy atom. The first-order chi connectivity index (χ1) is 15.3. The Morgan fingerprint density at radius 2 is 1.56 bits per heavy atom. The Bertz CT molecular complexity index is 1260. The van der Waals surface area contributed by atoms with Crippen molar-refractivity contribution < 1.29 is 9.59 Å². The number of carbonyl (C=O) groups excluding carboxylic acids is 2. The quantitative estimate of drug-likeness (QED) is 0.261. The second kappa shape index (κ2) is 9.46. The summed E-state index contributed by atoms with van der Waals surface area (Å²) < 4.78 is 0. The van der Waals surface area contributed by atoms with Crippen molar-refractivity contribution in [2.45, 2.75) is 16.7 Å². The van der Waals surface area contributed by atoms with E-state index in [4.69, 9.17) is 35.4 Å². The summed E-state index contributed by atoms with van der Waals surface area (Å²) in [6.45, 7) is 1.87. The van der Waals surface area contributed by atoms with E-state index in [-0.39, 0.29) is 10.7 Å². The van der Waals surface area contributed by atoms with Crippen molar-refractivity contribution >= 4 is 75.9 Å². The molecule has 8 heteroatoms. The first-order valence-electron chi connectivity index (χ1n) is 9.53. The largest absolute Gasteiger partial charge is 0.298 e. The summed E-state index contributed by atoms with van der Waals surface area (Å²) in [6, 6.07) is 20.3. The molecule has 0 spiro atoms. The van der Waals surface area contributed by atoms with Crippen molar-refractivity contribution in [2.24, 2.45) is 0 Å². The second-order valence-electron chi connectivity index (χ2n) is 7.02. The molecular weight excluding hydrogens is 483 g/mol. The topological polar surface area (TPSA) is 49.4 Å². The number of carbonyl (C=O) groups is 2. The predicted molar refractivity (Wildman–Crippen MR) is 134 cm³/mol. The normalized spacial score (nSPS) is 15.3. The molecule has 3 aromatic rings. The lowest BCUT2D eigenvalue weighted by molar-refractivity contribution is -0.122. The van der Waals surface area contributed by atoms with E-state index in [1.807, 2.05) is 55.5 Å². The van der Waals surface area contributed by atoms with Crippen LogP contribution in [0.15, 0.2) is 82.1 Å². The molecule has 160 valence electrons. The molecule has 0 unspecified atom stereocenters. The molecule has 0 bridgehead atoms. The van der Waals surface area contributed by atoms with Crippen molar-refractivity contribution in [3.05, 3.63) is 93.5 Å². The number of anilines is 1. The summed E-state index contributed by atoms with van der Waals surface area (Å²) in [7, 11) is 0. The number of amides is 2. The third kappa shape index (κ3) is 4.89. The number of rotatable bonds is 4. The van der Waals surface area contributed by atoms with E-state index in [1.165, 1.54) is 4.90 Å². The summed E-state index contributed by atoms with van der Waals surface area (Å²) in [4.78, 5) is 29.0. The monoisotopic (exact) mass is 498 g/mol. The molecular formula is C24H16Cl2N2O2S2.